The second-order valence-electron chi connectivity index (χ2n) is 7.98. The number of carbonyl (C=O) groups excluding carboxylic acids is 1. The fourth-order valence-corrected chi connectivity index (χ4v) is 4.33. The monoisotopic (exact) mass is 386 g/mol. The average molecular weight is 386 g/mol. The van der Waals surface area contributed by atoms with Crippen LogP contribution in [0.2, 0.25) is 0 Å². The van der Waals surface area contributed by atoms with E-state index < -0.39 is 0 Å². The van der Waals surface area contributed by atoms with Gasteiger partial charge in [-0.25, -0.2) is 0 Å². The fraction of sp³-hybridized carbons (Fsp3) is 0.292. The lowest BCUT2D eigenvalue weighted by molar-refractivity contribution is -0.122. The van der Waals surface area contributed by atoms with Crippen molar-refractivity contribution in [2.45, 2.75) is 13.3 Å². The number of allylic oxidation sites excluding steroid dienone is 4. The highest BCUT2D eigenvalue weighted by Gasteiger charge is 2.24. The summed E-state index contributed by atoms with van der Waals surface area (Å²) in [6, 6.07) is 8.45. The van der Waals surface area contributed by atoms with E-state index in [1.54, 1.807) is 4.90 Å². The van der Waals surface area contributed by atoms with Crippen molar-refractivity contribution in [3.63, 3.8) is 0 Å². The van der Waals surface area contributed by atoms with Crippen LogP contribution in [0.1, 0.15) is 18.9 Å². The Balaban J connectivity index is 1.49. The lowest BCUT2D eigenvalue weighted by Crippen LogP contribution is -2.43. The van der Waals surface area contributed by atoms with Crippen LogP contribution in [0.5, 0.6) is 0 Å². The zero-order chi connectivity index (χ0) is 19.8. The van der Waals surface area contributed by atoms with Crippen LogP contribution >= 0.6 is 0 Å². The Morgan fingerprint density at radius 3 is 2.76 bits per heavy atom. The fourth-order valence-electron chi connectivity index (χ4n) is 4.33. The van der Waals surface area contributed by atoms with Crippen LogP contribution in [-0.4, -0.2) is 46.9 Å². The highest BCUT2D eigenvalue weighted by Crippen LogP contribution is 2.32. The molecule has 148 valence electrons. The van der Waals surface area contributed by atoms with E-state index in [4.69, 9.17) is 0 Å². The van der Waals surface area contributed by atoms with Crippen molar-refractivity contribution in [2.75, 3.05) is 26.2 Å². The van der Waals surface area contributed by atoms with Crippen molar-refractivity contribution in [1.82, 2.24) is 20.1 Å². The van der Waals surface area contributed by atoms with E-state index in [0.717, 1.165) is 60.6 Å². The Labute approximate surface area is 171 Å². The number of aromatic nitrogens is 1. The number of nitrogens with one attached hydrogen (secondary N) is 2. The first kappa shape index (κ1) is 18.0. The Morgan fingerprint density at radius 2 is 1.90 bits per heavy atom. The standard InChI is InChI=1S/C24H26N4O/c1-17-2-5-20-6-7-21(27-12-10-25-11-13-27)16-28(20)24(29)15-22(17)19-4-3-18-8-9-26-23(18)14-19/h3-9,14-17,25-26H,2,10-13H2,1H3. The van der Waals surface area contributed by atoms with Gasteiger partial charge in [0.25, 0.3) is 5.91 Å². The van der Waals surface area contributed by atoms with Gasteiger partial charge in [-0.1, -0.05) is 25.1 Å². The number of fused-ring (bicyclic) bond motifs is 2. The maximum Gasteiger partial charge on any atom is 0.255 e. The summed E-state index contributed by atoms with van der Waals surface area (Å²) in [5.41, 5.74) is 5.37. The molecule has 4 heterocycles. The van der Waals surface area contributed by atoms with Gasteiger partial charge in [0.15, 0.2) is 0 Å². The van der Waals surface area contributed by atoms with Crippen LogP contribution < -0.4 is 5.32 Å². The van der Waals surface area contributed by atoms with Crippen molar-refractivity contribution in [1.29, 1.82) is 0 Å². The number of aromatic amines is 1. The summed E-state index contributed by atoms with van der Waals surface area (Å²) in [6.07, 6.45) is 13.1. The van der Waals surface area contributed by atoms with Crippen LogP contribution in [-0.2, 0) is 4.79 Å². The quantitative estimate of drug-likeness (QED) is 0.829. The van der Waals surface area contributed by atoms with Gasteiger partial charge in [0.05, 0.1) is 5.70 Å². The van der Waals surface area contributed by atoms with Crippen molar-refractivity contribution >= 4 is 22.4 Å². The summed E-state index contributed by atoms with van der Waals surface area (Å²) in [7, 11) is 0. The van der Waals surface area contributed by atoms with Crippen LogP contribution in [0.3, 0.4) is 0 Å². The zero-order valence-electron chi connectivity index (χ0n) is 16.7. The lowest BCUT2D eigenvalue weighted by Gasteiger charge is -2.34. The third-order valence-electron chi connectivity index (χ3n) is 6.06. The van der Waals surface area contributed by atoms with Crippen molar-refractivity contribution < 1.29 is 4.79 Å². The van der Waals surface area contributed by atoms with Gasteiger partial charge < -0.3 is 15.2 Å². The minimum atomic E-state index is 0.0152. The molecule has 1 atom stereocenters. The van der Waals surface area contributed by atoms with Gasteiger partial charge in [0.1, 0.15) is 0 Å². The molecule has 1 amide bonds. The molecular formula is C24H26N4O. The normalized spacial score (nSPS) is 22.6. The Hall–Kier alpha value is -3.05. The van der Waals surface area contributed by atoms with Gasteiger partial charge >= 0.3 is 0 Å². The number of hydrogen-bond donors (Lipinski definition) is 2. The number of rotatable bonds is 2. The molecule has 0 radical (unpaired) electrons. The molecule has 0 saturated carbocycles. The number of benzene rings is 1. The molecule has 5 heteroatoms. The first-order valence-corrected chi connectivity index (χ1v) is 10.4. The van der Waals surface area contributed by atoms with E-state index in [-0.39, 0.29) is 11.8 Å². The van der Waals surface area contributed by atoms with Gasteiger partial charge in [0.2, 0.25) is 0 Å². The smallest absolute Gasteiger partial charge is 0.255 e. The molecule has 5 rings (SSSR count). The molecule has 29 heavy (non-hydrogen) atoms. The molecule has 2 aromatic rings. The molecule has 2 N–H and O–H groups in total. The molecule has 1 unspecified atom stereocenters. The van der Waals surface area contributed by atoms with Crippen molar-refractivity contribution in [2.24, 2.45) is 5.92 Å². The second-order valence-corrected chi connectivity index (χ2v) is 7.98. The topological polar surface area (TPSA) is 51.4 Å². The third-order valence-corrected chi connectivity index (χ3v) is 6.06. The summed E-state index contributed by atoms with van der Waals surface area (Å²) in [4.78, 5) is 20.7. The predicted molar refractivity (Wildman–Crippen MR) is 117 cm³/mol. The van der Waals surface area contributed by atoms with Gasteiger partial charge in [-0.05, 0) is 53.1 Å². The molecule has 1 fully saturated rings. The minimum absolute atomic E-state index is 0.0152. The van der Waals surface area contributed by atoms with Crippen LogP contribution in [0, 0.1) is 5.92 Å². The van der Waals surface area contributed by atoms with Crippen LogP contribution in [0.25, 0.3) is 16.5 Å². The molecule has 1 aromatic heterocycles. The highest BCUT2D eigenvalue weighted by molar-refractivity contribution is 5.99. The first-order chi connectivity index (χ1) is 14.2. The lowest BCUT2D eigenvalue weighted by atomic mass is 9.89. The van der Waals surface area contributed by atoms with Gasteiger partial charge in [-0.15, -0.1) is 0 Å². The number of nitrogens with zero attached hydrogens (tertiary/aromatic N) is 2. The molecule has 1 saturated heterocycles. The number of carbonyl (C=O) groups is 1. The zero-order valence-corrected chi connectivity index (χ0v) is 16.7. The molecule has 5 nitrogen and oxygen atoms in total. The minimum Gasteiger partial charge on any atom is -0.368 e. The Bertz CT molecular complexity index is 1070. The van der Waals surface area contributed by atoms with E-state index in [9.17, 15) is 4.79 Å². The maximum absolute atomic E-state index is 13.3. The first-order valence-electron chi connectivity index (χ1n) is 10.4. The van der Waals surface area contributed by atoms with Crippen molar-refractivity contribution in [3.8, 4) is 0 Å². The number of H-pyrrole nitrogens is 1. The average Bonchev–Trinajstić information content (AvgIpc) is 3.23. The van der Waals surface area contributed by atoms with Crippen LogP contribution in [0.15, 0.2) is 72.4 Å². The van der Waals surface area contributed by atoms with E-state index >= 15 is 0 Å². The summed E-state index contributed by atoms with van der Waals surface area (Å²) in [5.74, 6) is 0.286. The SMILES string of the molecule is CC1CC=C2C=CC(N3CCNCC3)=CN2C(=O)C=C1c1ccc2cc[nH]c2c1. The number of hydrogen-bond acceptors (Lipinski definition) is 3. The predicted octanol–water partition coefficient (Wildman–Crippen LogP) is 3.62. The molecule has 0 aliphatic carbocycles. The molecule has 0 spiro atoms. The largest absolute Gasteiger partial charge is 0.368 e. The summed E-state index contributed by atoms with van der Waals surface area (Å²) in [5, 5.41) is 4.57. The highest BCUT2D eigenvalue weighted by atomic mass is 16.2. The molecule has 1 aromatic carbocycles. The van der Waals surface area contributed by atoms with E-state index in [1.807, 2.05) is 18.5 Å². The third kappa shape index (κ3) is 3.42. The van der Waals surface area contributed by atoms with Gasteiger partial charge in [-0.2, -0.15) is 0 Å². The van der Waals surface area contributed by atoms with Crippen molar-refractivity contribution in [3.05, 3.63) is 77.9 Å². The van der Waals surface area contributed by atoms with Gasteiger partial charge in [-0.3, -0.25) is 9.69 Å². The van der Waals surface area contributed by atoms with E-state index in [2.05, 4.69) is 64.6 Å². The molecule has 3 aliphatic rings. The maximum atomic E-state index is 13.3. The number of piperazine rings is 1. The van der Waals surface area contributed by atoms with Crippen LogP contribution in [0.4, 0.5) is 0 Å². The molecular weight excluding hydrogens is 360 g/mol. The summed E-state index contributed by atoms with van der Waals surface area (Å²) < 4.78 is 0. The van der Waals surface area contributed by atoms with E-state index in [1.165, 1.54) is 5.39 Å². The summed E-state index contributed by atoms with van der Waals surface area (Å²) in [6.45, 7) is 6.07. The van der Waals surface area contributed by atoms with Gasteiger partial charge in [0, 0.05) is 55.9 Å². The van der Waals surface area contributed by atoms with E-state index in [0.29, 0.717) is 0 Å². The summed E-state index contributed by atoms with van der Waals surface area (Å²) >= 11 is 0. The second kappa shape index (κ2) is 7.41. The molecule has 0 bridgehead atoms. The molecule has 3 aliphatic heterocycles. The Kier molecular flexibility index (Phi) is 4.60. The Morgan fingerprint density at radius 1 is 1.07 bits per heavy atom. The number of amides is 1.